The number of guanidine groups is 1. The molecule has 5 heteroatoms. The maximum Gasteiger partial charge on any atom is 0.196 e. The number of nitrogens with zero attached hydrogens (tertiary/aromatic N) is 3. The van der Waals surface area contributed by atoms with Gasteiger partial charge in [-0.1, -0.05) is 22.0 Å². The lowest BCUT2D eigenvalue weighted by atomic mass is 9.94. The van der Waals surface area contributed by atoms with Crippen molar-refractivity contribution < 1.29 is 0 Å². The summed E-state index contributed by atoms with van der Waals surface area (Å²) < 4.78 is 1.07. The number of nitrogens with two attached hydrogens (primary N) is 1. The van der Waals surface area contributed by atoms with Gasteiger partial charge in [0, 0.05) is 22.7 Å². The highest BCUT2D eigenvalue weighted by Crippen LogP contribution is 2.38. The first-order chi connectivity index (χ1) is 9.02. The predicted molar refractivity (Wildman–Crippen MR) is 82.6 cm³/mol. The molecule has 2 atom stereocenters. The number of hydrogen-bond donors (Lipinski definition) is 1. The molecule has 1 aromatic carbocycles. The third-order valence-electron chi connectivity index (χ3n) is 4.28. The number of likely N-dealkylation sites (tertiary alicyclic amines) is 1. The quantitative estimate of drug-likeness (QED) is 0.860. The molecule has 2 N–H and O–H groups in total. The molecule has 102 valence electrons. The summed E-state index contributed by atoms with van der Waals surface area (Å²) in [6, 6.07) is 8.85. The van der Waals surface area contributed by atoms with Crippen molar-refractivity contribution >= 4 is 27.6 Å². The Hall–Kier alpha value is -1.07. The second-order valence-electron chi connectivity index (χ2n) is 5.68. The van der Waals surface area contributed by atoms with Crippen LogP contribution in [-0.2, 0) is 0 Å². The van der Waals surface area contributed by atoms with Crippen molar-refractivity contribution in [2.24, 2.45) is 10.7 Å². The van der Waals surface area contributed by atoms with Gasteiger partial charge in [0.05, 0.1) is 12.1 Å². The van der Waals surface area contributed by atoms with E-state index >= 15 is 0 Å². The summed E-state index contributed by atoms with van der Waals surface area (Å²) in [6.45, 7) is 4.06. The van der Waals surface area contributed by atoms with Crippen molar-refractivity contribution in [1.29, 1.82) is 0 Å². The number of halogens is 1. The molecule has 0 aromatic heterocycles. The predicted octanol–water partition coefficient (Wildman–Crippen LogP) is 2.05. The Balaban J connectivity index is 2.00. The van der Waals surface area contributed by atoms with E-state index in [9.17, 15) is 0 Å². The number of anilines is 1. The molecule has 1 fully saturated rings. The molecule has 4 nitrogen and oxygen atoms in total. The first kappa shape index (κ1) is 12.9. The third-order valence-corrected chi connectivity index (χ3v) is 4.77. The Bertz CT molecular complexity index is 518. The van der Waals surface area contributed by atoms with Crippen molar-refractivity contribution in [2.75, 3.05) is 25.0 Å². The minimum absolute atomic E-state index is 0.0268. The largest absolute Gasteiger partial charge is 0.369 e. The zero-order chi connectivity index (χ0) is 13.6. The molecule has 0 bridgehead atoms. The Labute approximate surface area is 122 Å². The molecule has 2 aliphatic rings. The Morgan fingerprint density at radius 2 is 2.26 bits per heavy atom. The second-order valence-corrected chi connectivity index (χ2v) is 6.60. The maximum absolute atomic E-state index is 6.15. The molecular formula is C14H19BrN4. The van der Waals surface area contributed by atoms with Crippen LogP contribution in [0.3, 0.4) is 0 Å². The number of hydrogen-bond acceptors (Lipinski definition) is 4. The van der Waals surface area contributed by atoms with Gasteiger partial charge in [-0.15, -0.1) is 0 Å². The molecule has 0 saturated carbocycles. The highest BCUT2D eigenvalue weighted by atomic mass is 79.9. The summed E-state index contributed by atoms with van der Waals surface area (Å²) in [4.78, 5) is 9.11. The van der Waals surface area contributed by atoms with Crippen molar-refractivity contribution in [2.45, 2.75) is 24.9 Å². The van der Waals surface area contributed by atoms with Crippen LogP contribution in [0.5, 0.6) is 0 Å². The zero-order valence-corrected chi connectivity index (χ0v) is 12.9. The van der Waals surface area contributed by atoms with Crippen LogP contribution in [0.1, 0.15) is 13.3 Å². The minimum atomic E-state index is 0.0268. The molecule has 2 unspecified atom stereocenters. The molecule has 3 rings (SSSR count). The molecule has 2 aliphatic heterocycles. The van der Waals surface area contributed by atoms with Gasteiger partial charge in [-0.2, -0.15) is 0 Å². The molecule has 1 saturated heterocycles. The van der Waals surface area contributed by atoms with Gasteiger partial charge >= 0.3 is 0 Å². The number of rotatable bonds is 1. The summed E-state index contributed by atoms with van der Waals surface area (Å²) in [7, 11) is 2.17. The fourth-order valence-corrected chi connectivity index (χ4v) is 3.69. The molecule has 0 amide bonds. The van der Waals surface area contributed by atoms with Crippen LogP contribution in [-0.4, -0.2) is 42.6 Å². The van der Waals surface area contributed by atoms with E-state index in [0.29, 0.717) is 12.0 Å². The van der Waals surface area contributed by atoms with Crippen LogP contribution in [0.2, 0.25) is 0 Å². The van der Waals surface area contributed by atoms with Crippen LogP contribution in [0.25, 0.3) is 0 Å². The van der Waals surface area contributed by atoms with Crippen molar-refractivity contribution in [1.82, 2.24) is 4.90 Å². The summed E-state index contributed by atoms with van der Waals surface area (Å²) in [5.74, 6) is 0.639. The van der Waals surface area contributed by atoms with Crippen LogP contribution >= 0.6 is 15.9 Å². The van der Waals surface area contributed by atoms with E-state index < -0.39 is 0 Å². The Kier molecular flexibility index (Phi) is 3.06. The van der Waals surface area contributed by atoms with E-state index in [1.165, 1.54) is 0 Å². The van der Waals surface area contributed by atoms with Gasteiger partial charge in [-0.3, -0.25) is 4.99 Å². The molecule has 0 radical (unpaired) electrons. The zero-order valence-electron chi connectivity index (χ0n) is 11.3. The topological polar surface area (TPSA) is 44.9 Å². The first-order valence-electron chi connectivity index (χ1n) is 6.58. The van der Waals surface area contributed by atoms with Gasteiger partial charge < -0.3 is 15.5 Å². The first-order valence-corrected chi connectivity index (χ1v) is 7.37. The van der Waals surface area contributed by atoms with Gasteiger partial charge in [-0.25, -0.2) is 0 Å². The number of benzene rings is 1. The van der Waals surface area contributed by atoms with Crippen LogP contribution in [0, 0.1) is 0 Å². The van der Waals surface area contributed by atoms with E-state index in [1.807, 2.05) is 12.1 Å². The molecule has 19 heavy (non-hydrogen) atoms. The summed E-state index contributed by atoms with van der Waals surface area (Å²) >= 11 is 3.53. The van der Waals surface area contributed by atoms with Crippen molar-refractivity contribution in [3.05, 3.63) is 28.7 Å². The fraction of sp³-hybridized carbons (Fsp3) is 0.500. The van der Waals surface area contributed by atoms with E-state index in [2.05, 4.69) is 56.8 Å². The van der Waals surface area contributed by atoms with Gasteiger partial charge in [-0.05, 0) is 38.6 Å². The van der Waals surface area contributed by atoms with Gasteiger partial charge in [0.1, 0.15) is 0 Å². The van der Waals surface area contributed by atoms with Gasteiger partial charge in [0.15, 0.2) is 5.96 Å². The number of aliphatic imine (C=N–C) groups is 1. The molecule has 0 aliphatic carbocycles. The average Bonchev–Trinajstić information content (AvgIpc) is 2.80. The monoisotopic (exact) mass is 322 g/mol. The lowest BCUT2D eigenvalue weighted by molar-refractivity contribution is 0.322. The summed E-state index contributed by atoms with van der Waals surface area (Å²) in [6.07, 6.45) is 1.10. The third kappa shape index (κ3) is 2.05. The average molecular weight is 323 g/mol. The van der Waals surface area contributed by atoms with Crippen LogP contribution < -0.4 is 10.6 Å². The maximum atomic E-state index is 6.15. The van der Waals surface area contributed by atoms with Crippen molar-refractivity contribution in [3.63, 3.8) is 0 Å². The van der Waals surface area contributed by atoms with E-state index in [4.69, 9.17) is 5.73 Å². The normalized spacial score (nSPS) is 31.2. The van der Waals surface area contributed by atoms with Gasteiger partial charge in [0.2, 0.25) is 0 Å². The number of likely N-dealkylation sites (N-methyl/N-ethyl adjacent to an activating group) is 1. The van der Waals surface area contributed by atoms with Crippen LogP contribution in [0.15, 0.2) is 33.7 Å². The van der Waals surface area contributed by atoms with E-state index in [0.717, 1.165) is 29.7 Å². The van der Waals surface area contributed by atoms with E-state index in [-0.39, 0.29) is 5.54 Å². The van der Waals surface area contributed by atoms with Crippen molar-refractivity contribution in [3.8, 4) is 0 Å². The highest BCUT2D eigenvalue weighted by molar-refractivity contribution is 9.10. The molecule has 2 heterocycles. The lowest BCUT2D eigenvalue weighted by Crippen LogP contribution is -2.53. The fourth-order valence-electron chi connectivity index (χ4n) is 3.30. The molecular weight excluding hydrogens is 304 g/mol. The minimum Gasteiger partial charge on any atom is -0.369 e. The molecule has 1 spiro atoms. The lowest BCUT2D eigenvalue weighted by Gasteiger charge is -2.36. The second kappa shape index (κ2) is 4.49. The highest BCUT2D eigenvalue weighted by Gasteiger charge is 2.49. The SMILES string of the molecule is CC1CC2(CN=C(N)N2c2cccc(Br)c2)CN1C. The summed E-state index contributed by atoms with van der Waals surface area (Å²) in [5.41, 5.74) is 7.30. The Morgan fingerprint density at radius 3 is 2.89 bits per heavy atom. The smallest absolute Gasteiger partial charge is 0.196 e. The van der Waals surface area contributed by atoms with Crippen LogP contribution in [0.4, 0.5) is 5.69 Å². The summed E-state index contributed by atoms with van der Waals surface area (Å²) in [5, 5.41) is 0. The molecule has 1 aromatic rings. The van der Waals surface area contributed by atoms with Gasteiger partial charge in [0.25, 0.3) is 0 Å². The van der Waals surface area contributed by atoms with E-state index in [1.54, 1.807) is 0 Å². The standard InChI is InChI=1S/C14H19BrN4/c1-10-7-14(9-18(10)2)8-17-13(16)19(14)12-5-3-4-11(15)6-12/h3-6,10H,7-9H2,1-2H3,(H2,16,17). The Morgan fingerprint density at radius 1 is 1.47 bits per heavy atom.